The molecule has 22 heavy (non-hydrogen) atoms. The van der Waals surface area contributed by atoms with Crippen LogP contribution < -0.4 is 10.2 Å². The monoisotopic (exact) mass is 296 g/mol. The van der Waals surface area contributed by atoms with Gasteiger partial charge in [0.15, 0.2) is 6.61 Å². The van der Waals surface area contributed by atoms with Crippen molar-refractivity contribution >= 4 is 12.1 Å². The van der Waals surface area contributed by atoms with Gasteiger partial charge in [-0.25, -0.2) is 5.43 Å². The second-order valence-corrected chi connectivity index (χ2v) is 5.15. The van der Waals surface area contributed by atoms with E-state index in [0.717, 1.165) is 28.0 Å². The van der Waals surface area contributed by atoms with Gasteiger partial charge in [-0.15, -0.1) is 0 Å². The molecule has 4 heteroatoms. The number of hydrogen-bond acceptors (Lipinski definition) is 3. The lowest BCUT2D eigenvalue weighted by molar-refractivity contribution is -0.123. The summed E-state index contributed by atoms with van der Waals surface area (Å²) in [6.07, 6.45) is 1.60. The van der Waals surface area contributed by atoms with Crippen LogP contribution in [0.4, 0.5) is 0 Å². The van der Waals surface area contributed by atoms with Crippen molar-refractivity contribution in [2.24, 2.45) is 5.10 Å². The smallest absolute Gasteiger partial charge is 0.277 e. The number of aryl methyl sites for hydroxylation is 2. The van der Waals surface area contributed by atoms with Crippen LogP contribution in [-0.4, -0.2) is 18.7 Å². The number of hydrogen-bond donors (Lipinski definition) is 1. The third-order valence-corrected chi connectivity index (χ3v) is 3.42. The summed E-state index contributed by atoms with van der Waals surface area (Å²) in [5.41, 5.74) is 6.60. The highest BCUT2D eigenvalue weighted by Crippen LogP contribution is 2.25. The number of carbonyl (C=O) groups is 1. The van der Waals surface area contributed by atoms with Crippen molar-refractivity contribution in [3.8, 4) is 5.75 Å². The van der Waals surface area contributed by atoms with Gasteiger partial charge in [0.1, 0.15) is 5.75 Å². The third-order valence-electron chi connectivity index (χ3n) is 3.42. The predicted molar refractivity (Wildman–Crippen MR) is 88.3 cm³/mol. The second-order valence-electron chi connectivity index (χ2n) is 5.15. The molecule has 2 aromatic carbocycles. The van der Waals surface area contributed by atoms with Crippen molar-refractivity contribution in [2.75, 3.05) is 6.61 Å². The number of ether oxygens (including phenoxy) is 1. The van der Waals surface area contributed by atoms with Crippen LogP contribution in [0.15, 0.2) is 47.6 Å². The quantitative estimate of drug-likeness (QED) is 0.680. The number of rotatable bonds is 5. The molecule has 1 amide bonds. The molecule has 0 bridgehead atoms. The van der Waals surface area contributed by atoms with E-state index in [0.29, 0.717) is 0 Å². The average molecular weight is 296 g/mol. The zero-order chi connectivity index (χ0) is 15.9. The van der Waals surface area contributed by atoms with Crippen LogP contribution in [0.25, 0.3) is 0 Å². The zero-order valence-electron chi connectivity index (χ0n) is 13.1. The summed E-state index contributed by atoms with van der Waals surface area (Å²) >= 11 is 0. The minimum atomic E-state index is -0.285. The lowest BCUT2D eigenvalue weighted by Crippen LogP contribution is -2.25. The fraction of sp³-hybridized carbons (Fsp3) is 0.222. The van der Waals surface area contributed by atoms with Gasteiger partial charge in [-0.2, -0.15) is 5.10 Å². The van der Waals surface area contributed by atoms with Crippen LogP contribution in [0.3, 0.4) is 0 Å². The molecule has 0 aliphatic carbocycles. The molecule has 0 aromatic heterocycles. The van der Waals surface area contributed by atoms with E-state index in [4.69, 9.17) is 4.74 Å². The molecule has 114 valence electrons. The van der Waals surface area contributed by atoms with Gasteiger partial charge in [0.2, 0.25) is 0 Å². The van der Waals surface area contributed by atoms with Crippen LogP contribution in [0.1, 0.15) is 22.3 Å². The van der Waals surface area contributed by atoms with Crippen LogP contribution >= 0.6 is 0 Å². The zero-order valence-corrected chi connectivity index (χ0v) is 13.1. The van der Waals surface area contributed by atoms with Crippen molar-refractivity contribution in [3.05, 3.63) is 64.7 Å². The number of amides is 1. The molecule has 2 rings (SSSR count). The highest BCUT2D eigenvalue weighted by Gasteiger charge is 2.08. The molecule has 0 aliphatic rings. The first-order valence-electron chi connectivity index (χ1n) is 7.14. The van der Waals surface area contributed by atoms with E-state index in [1.165, 1.54) is 0 Å². The van der Waals surface area contributed by atoms with Gasteiger partial charge >= 0.3 is 0 Å². The lowest BCUT2D eigenvalue weighted by atomic mass is 10.1. The highest BCUT2D eigenvalue weighted by atomic mass is 16.5. The first-order chi connectivity index (χ1) is 10.6. The molecule has 0 saturated carbocycles. The van der Waals surface area contributed by atoms with Crippen molar-refractivity contribution < 1.29 is 9.53 Å². The average Bonchev–Trinajstić information content (AvgIpc) is 2.52. The lowest BCUT2D eigenvalue weighted by Gasteiger charge is -2.13. The van der Waals surface area contributed by atoms with Gasteiger partial charge in [-0.05, 0) is 43.0 Å². The van der Waals surface area contributed by atoms with Gasteiger partial charge in [0, 0.05) is 0 Å². The van der Waals surface area contributed by atoms with Crippen molar-refractivity contribution in [1.29, 1.82) is 0 Å². The van der Waals surface area contributed by atoms with Gasteiger partial charge < -0.3 is 4.74 Å². The standard InChI is InChI=1S/C18H20N2O2/c1-13-9-10-14(2)18(15(13)3)22-12-17(21)20-19-11-16-7-5-4-6-8-16/h4-11H,12H2,1-3H3,(H,20,21)/b19-11+. The summed E-state index contributed by atoms with van der Waals surface area (Å²) in [6.45, 7) is 5.92. The first kappa shape index (κ1) is 15.8. The largest absolute Gasteiger partial charge is 0.483 e. The molecule has 0 radical (unpaired) electrons. The minimum Gasteiger partial charge on any atom is -0.483 e. The van der Waals surface area contributed by atoms with E-state index >= 15 is 0 Å². The molecule has 0 aliphatic heterocycles. The Kier molecular flexibility index (Phi) is 5.31. The number of carbonyl (C=O) groups excluding carboxylic acids is 1. The Morgan fingerprint density at radius 1 is 1.09 bits per heavy atom. The van der Waals surface area contributed by atoms with Gasteiger partial charge in [-0.3, -0.25) is 4.79 Å². The minimum absolute atomic E-state index is 0.0583. The van der Waals surface area contributed by atoms with E-state index in [1.807, 2.05) is 63.2 Å². The molecular formula is C18H20N2O2. The summed E-state index contributed by atoms with van der Waals surface area (Å²) < 4.78 is 5.63. The summed E-state index contributed by atoms with van der Waals surface area (Å²) in [5, 5.41) is 3.91. The van der Waals surface area contributed by atoms with E-state index in [-0.39, 0.29) is 12.5 Å². The van der Waals surface area contributed by atoms with Gasteiger partial charge in [-0.1, -0.05) is 42.5 Å². The Morgan fingerprint density at radius 2 is 1.77 bits per heavy atom. The van der Waals surface area contributed by atoms with Gasteiger partial charge in [0.05, 0.1) is 6.21 Å². The van der Waals surface area contributed by atoms with E-state index < -0.39 is 0 Å². The Morgan fingerprint density at radius 3 is 2.50 bits per heavy atom. The summed E-state index contributed by atoms with van der Waals surface area (Å²) in [5.74, 6) is 0.481. The van der Waals surface area contributed by atoms with Crippen molar-refractivity contribution in [3.63, 3.8) is 0 Å². The molecule has 1 N–H and O–H groups in total. The number of nitrogens with zero attached hydrogens (tertiary/aromatic N) is 1. The first-order valence-corrected chi connectivity index (χ1v) is 7.14. The van der Waals surface area contributed by atoms with E-state index in [2.05, 4.69) is 10.5 Å². The predicted octanol–water partition coefficient (Wildman–Crippen LogP) is 3.14. The van der Waals surface area contributed by atoms with Crippen molar-refractivity contribution in [1.82, 2.24) is 5.43 Å². The summed E-state index contributed by atoms with van der Waals surface area (Å²) in [4.78, 5) is 11.8. The highest BCUT2D eigenvalue weighted by molar-refractivity contribution is 5.82. The summed E-state index contributed by atoms with van der Waals surface area (Å²) in [7, 11) is 0. The number of benzene rings is 2. The van der Waals surface area contributed by atoms with Crippen LogP contribution in [0.2, 0.25) is 0 Å². The molecule has 0 heterocycles. The maximum Gasteiger partial charge on any atom is 0.277 e. The fourth-order valence-corrected chi connectivity index (χ4v) is 2.04. The maximum absolute atomic E-state index is 11.8. The van der Waals surface area contributed by atoms with E-state index in [9.17, 15) is 4.79 Å². The maximum atomic E-state index is 11.8. The molecule has 0 unspecified atom stereocenters. The molecule has 0 saturated heterocycles. The van der Waals surface area contributed by atoms with Crippen LogP contribution in [0, 0.1) is 20.8 Å². The Hall–Kier alpha value is -2.62. The normalized spacial score (nSPS) is 10.7. The SMILES string of the molecule is Cc1ccc(C)c(OCC(=O)N/N=C/c2ccccc2)c1C. The van der Waals surface area contributed by atoms with Crippen molar-refractivity contribution in [2.45, 2.75) is 20.8 Å². The molecule has 4 nitrogen and oxygen atoms in total. The Bertz CT molecular complexity index is 679. The Balaban J connectivity index is 1.89. The van der Waals surface area contributed by atoms with Crippen LogP contribution in [-0.2, 0) is 4.79 Å². The summed E-state index contributed by atoms with van der Waals surface area (Å²) in [6, 6.07) is 13.6. The number of hydrazone groups is 1. The second kappa shape index (κ2) is 7.41. The fourth-order valence-electron chi connectivity index (χ4n) is 2.04. The van der Waals surface area contributed by atoms with Crippen LogP contribution in [0.5, 0.6) is 5.75 Å². The number of nitrogens with one attached hydrogen (secondary N) is 1. The van der Waals surface area contributed by atoms with Gasteiger partial charge in [0.25, 0.3) is 5.91 Å². The molecule has 2 aromatic rings. The molecule has 0 fully saturated rings. The molecular weight excluding hydrogens is 276 g/mol. The molecule has 0 atom stereocenters. The topological polar surface area (TPSA) is 50.7 Å². The molecule has 0 spiro atoms. The third kappa shape index (κ3) is 4.19. The van der Waals surface area contributed by atoms with E-state index in [1.54, 1.807) is 6.21 Å². The Labute approximate surface area is 130 Å².